The lowest BCUT2D eigenvalue weighted by molar-refractivity contribution is -0.144. The Labute approximate surface area is 131 Å². The highest BCUT2D eigenvalue weighted by Crippen LogP contribution is 2.02. The van der Waals surface area contributed by atoms with Crippen LogP contribution in [0.2, 0.25) is 0 Å². The molecule has 3 N–H and O–H groups in total. The summed E-state index contributed by atoms with van der Waals surface area (Å²) in [5.41, 5.74) is 6.32. The van der Waals surface area contributed by atoms with Crippen molar-refractivity contribution in [2.75, 3.05) is 13.7 Å². The SMILES string of the molecule is COC(=O)[C@H](CCCN)NC(=O)C=Cc1ccccc1.Cl. The number of ether oxygens (including phenoxy) is 1. The molecule has 6 heteroatoms. The van der Waals surface area contributed by atoms with Gasteiger partial charge in [0, 0.05) is 6.08 Å². The first-order valence-corrected chi connectivity index (χ1v) is 6.49. The van der Waals surface area contributed by atoms with Gasteiger partial charge in [-0.25, -0.2) is 4.79 Å². The van der Waals surface area contributed by atoms with E-state index < -0.39 is 12.0 Å². The summed E-state index contributed by atoms with van der Waals surface area (Å²) in [5, 5.41) is 2.62. The molecule has 0 aliphatic rings. The number of amides is 1. The van der Waals surface area contributed by atoms with Gasteiger partial charge in [-0.15, -0.1) is 12.4 Å². The number of nitrogens with two attached hydrogens (primary N) is 1. The topological polar surface area (TPSA) is 81.4 Å². The average molecular weight is 313 g/mol. The molecular formula is C15H21ClN2O3. The van der Waals surface area contributed by atoms with Crippen LogP contribution in [0, 0.1) is 0 Å². The van der Waals surface area contributed by atoms with Gasteiger partial charge in [0.2, 0.25) is 5.91 Å². The smallest absolute Gasteiger partial charge is 0.328 e. The van der Waals surface area contributed by atoms with Gasteiger partial charge in [0.05, 0.1) is 7.11 Å². The number of esters is 1. The van der Waals surface area contributed by atoms with Crippen molar-refractivity contribution >= 4 is 30.4 Å². The van der Waals surface area contributed by atoms with Crippen molar-refractivity contribution in [1.29, 1.82) is 0 Å². The Morgan fingerprint density at radius 2 is 2.00 bits per heavy atom. The van der Waals surface area contributed by atoms with E-state index in [2.05, 4.69) is 10.1 Å². The standard InChI is InChI=1S/C15H20N2O3.ClH/c1-20-15(19)13(8-5-11-16)17-14(18)10-9-12-6-3-2-4-7-12;/h2-4,6-7,9-10,13H,5,8,11,16H2,1H3,(H,17,18);1H/t13-;/m0./s1. The molecule has 0 heterocycles. The quantitative estimate of drug-likeness (QED) is 0.591. The summed E-state index contributed by atoms with van der Waals surface area (Å²) >= 11 is 0. The van der Waals surface area contributed by atoms with Crippen molar-refractivity contribution in [3.05, 3.63) is 42.0 Å². The minimum atomic E-state index is -0.656. The fraction of sp³-hybridized carbons (Fsp3) is 0.333. The molecule has 0 saturated heterocycles. The zero-order valence-electron chi connectivity index (χ0n) is 12.0. The molecule has 0 bridgehead atoms. The Kier molecular flexibility index (Phi) is 9.92. The maximum atomic E-state index is 11.8. The molecule has 116 valence electrons. The lowest BCUT2D eigenvalue weighted by atomic mass is 10.1. The monoisotopic (exact) mass is 312 g/mol. The van der Waals surface area contributed by atoms with Crippen LogP contribution in [-0.4, -0.2) is 31.6 Å². The predicted molar refractivity (Wildman–Crippen MR) is 85.0 cm³/mol. The van der Waals surface area contributed by atoms with Crippen molar-refractivity contribution < 1.29 is 14.3 Å². The first-order chi connectivity index (χ1) is 9.67. The van der Waals surface area contributed by atoms with Gasteiger partial charge in [-0.3, -0.25) is 4.79 Å². The summed E-state index contributed by atoms with van der Waals surface area (Å²) in [6.07, 6.45) is 4.19. The molecule has 1 atom stereocenters. The van der Waals surface area contributed by atoms with Gasteiger partial charge in [0.25, 0.3) is 0 Å². The lowest BCUT2D eigenvalue weighted by Gasteiger charge is -2.14. The molecule has 0 radical (unpaired) electrons. The highest BCUT2D eigenvalue weighted by atomic mass is 35.5. The van der Waals surface area contributed by atoms with Crippen molar-refractivity contribution in [3.63, 3.8) is 0 Å². The molecule has 1 rings (SSSR count). The highest BCUT2D eigenvalue weighted by molar-refractivity contribution is 5.94. The van der Waals surface area contributed by atoms with E-state index in [4.69, 9.17) is 5.73 Å². The van der Waals surface area contributed by atoms with E-state index in [1.165, 1.54) is 13.2 Å². The van der Waals surface area contributed by atoms with Crippen molar-refractivity contribution in [2.24, 2.45) is 5.73 Å². The zero-order chi connectivity index (χ0) is 14.8. The molecule has 1 aromatic rings. The summed E-state index contributed by atoms with van der Waals surface area (Å²) in [4.78, 5) is 23.3. The largest absolute Gasteiger partial charge is 0.467 e. The number of carbonyl (C=O) groups excluding carboxylic acids is 2. The van der Waals surface area contributed by atoms with Crippen LogP contribution in [0.1, 0.15) is 18.4 Å². The Hall–Kier alpha value is -1.85. The summed E-state index contributed by atoms with van der Waals surface area (Å²) in [7, 11) is 1.30. The molecular weight excluding hydrogens is 292 g/mol. The van der Waals surface area contributed by atoms with Gasteiger partial charge in [-0.05, 0) is 31.0 Å². The van der Waals surface area contributed by atoms with Crippen LogP contribution in [-0.2, 0) is 14.3 Å². The number of methoxy groups -OCH3 is 1. The number of rotatable bonds is 7. The van der Waals surface area contributed by atoms with E-state index in [9.17, 15) is 9.59 Å². The van der Waals surface area contributed by atoms with E-state index in [1.807, 2.05) is 30.3 Å². The summed E-state index contributed by atoms with van der Waals surface area (Å²) in [5.74, 6) is -0.791. The normalized spacial score (nSPS) is 11.5. The van der Waals surface area contributed by atoms with Crippen LogP contribution in [0.25, 0.3) is 6.08 Å². The Morgan fingerprint density at radius 1 is 1.33 bits per heavy atom. The van der Waals surface area contributed by atoms with Crippen LogP contribution < -0.4 is 11.1 Å². The third kappa shape index (κ3) is 7.48. The molecule has 0 spiro atoms. The van der Waals surface area contributed by atoms with Crippen LogP contribution in [0.3, 0.4) is 0 Å². The van der Waals surface area contributed by atoms with Crippen LogP contribution in [0.5, 0.6) is 0 Å². The molecule has 21 heavy (non-hydrogen) atoms. The van der Waals surface area contributed by atoms with E-state index in [0.29, 0.717) is 19.4 Å². The number of carbonyl (C=O) groups is 2. The third-order valence-electron chi connectivity index (χ3n) is 2.73. The van der Waals surface area contributed by atoms with Gasteiger partial charge < -0.3 is 15.8 Å². The van der Waals surface area contributed by atoms with Gasteiger partial charge in [0.15, 0.2) is 0 Å². The van der Waals surface area contributed by atoms with E-state index >= 15 is 0 Å². The number of benzene rings is 1. The number of halogens is 1. The third-order valence-corrected chi connectivity index (χ3v) is 2.73. The Morgan fingerprint density at radius 3 is 2.57 bits per heavy atom. The molecule has 0 fully saturated rings. The van der Waals surface area contributed by atoms with E-state index in [0.717, 1.165) is 5.56 Å². The highest BCUT2D eigenvalue weighted by Gasteiger charge is 2.19. The van der Waals surface area contributed by atoms with Crippen molar-refractivity contribution in [1.82, 2.24) is 5.32 Å². The first-order valence-electron chi connectivity index (χ1n) is 6.49. The van der Waals surface area contributed by atoms with Crippen LogP contribution in [0.4, 0.5) is 0 Å². The second-order valence-electron chi connectivity index (χ2n) is 4.26. The fourth-order valence-corrected chi connectivity index (χ4v) is 1.67. The fourth-order valence-electron chi connectivity index (χ4n) is 1.67. The minimum Gasteiger partial charge on any atom is -0.467 e. The van der Waals surface area contributed by atoms with E-state index in [1.54, 1.807) is 6.08 Å². The Bertz CT molecular complexity index is 463. The second-order valence-corrected chi connectivity index (χ2v) is 4.26. The van der Waals surface area contributed by atoms with Gasteiger partial charge in [-0.2, -0.15) is 0 Å². The number of hydrogen-bond acceptors (Lipinski definition) is 4. The van der Waals surface area contributed by atoms with Crippen LogP contribution in [0.15, 0.2) is 36.4 Å². The maximum absolute atomic E-state index is 11.8. The molecule has 0 saturated carbocycles. The molecule has 5 nitrogen and oxygen atoms in total. The minimum absolute atomic E-state index is 0. The maximum Gasteiger partial charge on any atom is 0.328 e. The molecule has 1 aromatic carbocycles. The molecule has 0 aliphatic carbocycles. The van der Waals surface area contributed by atoms with E-state index in [-0.39, 0.29) is 18.3 Å². The Balaban J connectivity index is 0.00000400. The van der Waals surface area contributed by atoms with Crippen molar-refractivity contribution in [2.45, 2.75) is 18.9 Å². The molecule has 0 aromatic heterocycles. The summed E-state index contributed by atoms with van der Waals surface area (Å²) < 4.78 is 4.65. The van der Waals surface area contributed by atoms with Gasteiger partial charge in [0.1, 0.15) is 6.04 Å². The lowest BCUT2D eigenvalue weighted by Crippen LogP contribution is -2.41. The van der Waals surface area contributed by atoms with Gasteiger partial charge in [-0.1, -0.05) is 30.3 Å². The summed E-state index contributed by atoms with van der Waals surface area (Å²) in [6.45, 7) is 0.462. The molecule has 1 amide bonds. The first kappa shape index (κ1) is 19.2. The predicted octanol–water partition coefficient (Wildman–Crippen LogP) is 1.52. The molecule has 0 aliphatic heterocycles. The molecule has 0 unspecified atom stereocenters. The zero-order valence-corrected chi connectivity index (χ0v) is 12.8. The second kappa shape index (κ2) is 10.9. The van der Waals surface area contributed by atoms with Gasteiger partial charge >= 0.3 is 5.97 Å². The number of nitrogens with one attached hydrogen (secondary N) is 1. The number of hydrogen-bond donors (Lipinski definition) is 2. The van der Waals surface area contributed by atoms with Crippen molar-refractivity contribution in [3.8, 4) is 0 Å². The summed E-state index contributed by atoms with van der Waals surface area (Å²) in [6, 6.07) is 8.78. The van der Waals surface area contributed by atoms with Crippen LogP contribution >= 0.6 is 12.4 Å². The average Bonchev–Trinajstić information content (AvgIpc) is 2.49.